The predicted molar refractivity (Wildman–Crippen MR) is 135 cm³/mol. The fourth-order valence-corrected chi connectivity index (χ4v) is 5.15. The van der Waals surface area contributed by atoms with Crippen LogP contribution >= 0.6 is 0 Å². The van der Waals surface area contributed by atoms with E-state index in [-0.39, 0.29) is 56.9 Å². The molecule has 3 N–H and O–H groups in total. The summed E-state index contributed by atoms with van der Waals surface area (Å²) in [5.74, 6) is -0.626. The normalized spacial score (nSPS) is 19.8. The smallest absolute Gasteiger partial charge is 0.334 e. The number of amides is 4. The zero-order valence-corrected chi connectivity index (χ0v) is 21.8. The van der Waals surface area contributed by atoms with Crippen LogP contribution in [0.5, 0.6) is 0 Å². The van der Waals surface area contributed by atoms with E-state index < -0.39 is 53.8 Å². The van der Waals surface area contributed by atoms with Crippen molar-refractivity contribution in [3.05, 3.63) is 70.8 Å². The Labute approximate surface area is 232 Å². The first-order valence-electron chi connectivity index (χ1n) is 13.0. The standard InChI is InChI=1S/C27H29F6N5O3/c28-26(29,30)19-11-18(12-20(13-19)27(31,32)33)14-35-25(41)37-10-8-23(39)38-21(7-4-9-34)24(40)36(16-22(37)38)15-17-5-2-1-3-6-17/h1-3,5-6,11-13,21-22H,4,7-10,14-16,34H2,(H,35,41)/t21-,22+/m0/s1. The second-order valence-corrected chi connectivity index (χ2v) is 9.95. The molecule has 2 aromatic rings. The number of halogens is 6. The fourth-order valence-electron chi connectivity index (χ4n) is 5.15. The predicted octanol–water partition coefficient (Wildman–Crippen LogP) is 3.94. The van der Waals surface area contributed by atoms with Gasteiger partial charge < -0.3 is 25.8 Å². The number of urea groups is 1. The number of benzene rings is 2. The van der Waals surface area contributed by atoms with E-state index in [9.17, 15) is 40.7 Å². The Morgan fingerprint density at radius 1 is 0.951 bits per heavy atom. The topological polar surface area (TPSA) is 99.0 Å². The van der Waals surface area contributed by atoms with Crippen LogP contribution < -0.4 is 11.1 Å². The summed E-state index contributed by atoms with van der Waals surface area (Å²) in [6.07, 6.45) is -10.3. The maximum absolute atomic E-state index is 13.4. The number of nitrogens with one attached hydrogen (secondary N) is 1. The number of fused-ring (bicyclic) bond motifs is 1. The lowest BCUT2D eigenvalue weighted by Gasteiger charge is -2.52. The monoisotopic (exact) mass is 585 g/mol. The molecule has 0 bridgehead atoms. The molecule has 0 radical (unpaired) electrons. The van der Waals surface area contributed by atoms with Gasteiger partial charge >= 0.3 is 18.4 Å². The number of alkyl halides is 6. The molecule has 2 heterocycles. The maximum atomic E-state index is 13.4. The van der Waals surface area contributed by atoms with Gasteiger partial charge in [0.2, 0.25) is 11.8 Å². The molecule has 14 heteroatoms. The molecule has 0 aliphatic carbocycles. The van der Waals surface area contributed by atoms with E-state index >= 15 is 0 Å². The van der Waals surface area contributed by atoms with Crippen LogP contribution in [0.2, 0.25) is 0 Å². The molecule has 0 unspecified atom stereocenters. The molecule has 2 fully saturated rings. The van der Waals surface area contributed by atoms with Gasteiger partial charge in [-0.3, -0.25) is 9.59 Å². The third-order valence-corrected chi connectivity index (χ3v) is 7.10. The van der Waals surface area contributed by atoms with Gasteiger partial charge in [0.1, 0.15) is 12.2 Å². The highest BCUT2D eigenvalue weighted by Crippen LogP contribution is 2.36. The van der Waals surface area contributed by atoms with E-state index in [2.05, 4.69) is 5.32 Å². The van der Waals surface area contributed by atoms with Crippen LogP contribution in [-0.4, -0.2) is 64.4 Å². The summed E-state index contributed by atoms with van der Waals surface area (Å²) in [6, 6.07) is 8.55. The molecule has 0 saturated carbocycles. The summed E-state index contributed by atoms with van der Waals surface area (Å²) in [5, 5.41) is 2.40. The average molecular weight is 586 g/mol. The highest BCUT2D eigenvalue weighted by atomic mass is 19.4. The summed E-state index contributed by atoms with van der Waals surface area (Å²) in [7, 11) is 0. The molecule has 0 spiro atoms. The molecular weight excluding hydrogens is 556 g/mol. The largest absolute Gasteiger partial charge is 0.416 e. The second kappa shape index (κ2) is 12.0. The van der Waals surface area contributed by atoms with E-state index in [4.69, 9.17) is 5.73 Å². The van der Waals surface area contributed by atoms with Gasteiger partial charge in [0.05, 0.1) is 17.7 Å². The maximum Gasteiger partial charge on any atom is 0.416 e. The highest BCUT2D eigenvalue weighted by Gasteiger charge is 2.48. The lowest BCUT2D eigenvalue weighted by atomic mass is 9.99. The first-order valence-corrected chi connectivity index (χ1v) is 13.0. The van der Waals surface area contributed by atoms with Crippen molar-refractivity contribution in [2.24, 2.45) is 5.73 Å². The summed E-state index contributed by atoms with van der Waals surface area (Å²) in [5.41, 5.74) is 3.11. The summed E-state index contributed by atoms with van der Waals surface area (Å²) < 4.78 is 79.5. The summed E-state index contributed by atoms with van der Waals surface area (Å²) in [4.78, 5) is 43.9. The number of nitrogens with zero attached hydrogens (tertiary/aromatic N) is 3. The second-order valence-electron chi connectivity index (χ2n) is 9.95. The minimum absolute atomic E-state index is 0.0152. The van der Waals surface area contributed by atoms with Crippen molar-refractivity contribution in [3.63, 3.8) is 0 Å². The Hall–Kier alpha value is -3.81. The number of carbonyl (C=O) groups is 3. The Balaban J connectivity index is 1.57. The number of piperazine rings is 1. The number of hydrogen-bond donors (Lipinski definition) is 2. The quantitative estimate of drug-likeness (QED) is 0.481. The molecule has 2 aliphatic rings. The van der Waals surface area contributed by atoms with E-state index in [1.807, 2.05) is 30.3 Å². The van der Waals surface area contributed by atoms with Gasteiger partial charge in [-0.25, -0.2) is 4.79 Å². The van der Waals surface area contributed by atoms with Gasteiger partial charge in [0.15, 0.2) is 0 Å². The van der Waals surface area contributed by atoms with Crippen molar-refractivity contribution in [1.82, 2.24) is 20.0 Å². The van der Waals surface area contributed by atoms with E-state index in [0.29, 0.717) is 18.6 Å². The van der Waals surface area contributed by atoms with Crippen LogP contribution in [0.15, 0.2) is 48.5 Å². The molecule has 2 saturated heterocycles. The molecule has 222 valence electrons. The lowest BCUT2D eigenvalue weighted by Crippen LogP contribution is -2.71. The van der Waals surface area contributed by atoms with Crippen molar-refractivity contribution in [3.8, 4) is 0 Å². The van der Waals surface area contributed by atoms with Crippen molar-refractivity contribution < 1.29 is 40.7 Å². The molecule has 4 amide bonds. The van der Waals surface area contributed by atoms with Gasteiger partial charge in [-0.15, -0.1) is 0 Å². The minimum Gasteiger partial charge on any atom is -0.334 e. The third kappa shape index (κ3) is 6.92. The van der Waals surface area contributed by atoms with Crippen LogP contribution in [-0.2, 0) is 35.0 Å². The first-order chi connectivity index (χ1) is 19.3. The Morgan fingerprint density at radius 2 is 1.59 bits per heavy atom. The number of carbonyl (C=O) groups excluding carboxylic acids is 3. The molecule has 2 atom stereocenters. The van der Waals surface area contributed by atoms with Gasteiger partial charge in [0, 0.05) is 26.1 Å². The SMILES string of the molecule is NCCC[C@H]1C(=O)N(Cc2ccccc2)C[C@@H]2N(C(=O)NCc3cc(C(F)(F)F)cc(C(F)(F)F)c3)CCC(=O)N21. The molecule has 4 rings (SSSR count). The Bertz CT molecular complexity index is 1240. The summed E-state index contributed by atoms with van der Waals surface area (Å²) in [6.45, 7) is -0.188. The van der Waals surface area contributed by atoms with Crippen LogP contribution in [0.4, 0.5) is 31.1 Å². The summed E-state index contributed by atoms with van der Waals surface area (Å²) >= 11 is 0. The van der Waals surface area contributed by atoms with Gasteiger partial charge in [-0.2, -0.15) is 26.3 Å². The third-order valence-electron chi connectivity index (χ3n) is 7.10. The number of hydrogen-bond acceptors (Lipinski definition) is 4. The highest BCUT2D eigenvalue weighted by molar-refractivity contribution is 5.91. The lowest BCUT2D eigenvalue weighted by molar-refractivity contribution is -0.167. The fraction of sp³-hybridized carbons (Fsp3) is 0.444. The van der Waals surface area contributed by atoms with E-state index in [1.165, 1.54) is 9.80 Å². The van der Waals surface area contributed by atoms with Gasteiger partial charge in [-0.05, 0) is 48.7 Å². The van der Waals surface area contributed by atoms with Gasteiger partial charge in [0.25, 0.3) is 0 Å². The van der Waals surface area contributed by atoms with Crippen LogP contribution in [0.25, 0.3) is 0 Å². The first kappa shape index (κ1) is 30.2. The van der Waals surface area contributed by atoms with Crippen LogP contribution in [0.3, 0.4) is 0 Å². The molecule has 2 aliphatic heterocycles. The molecule has 8 nitrogen and oxygen atoms in total. The van der Waals surface area contributed by atoms with Crippen molar-refractivity contribution >= 4 is 17.8 Å². The van der Waals surface area contributed by atoms with Crippen molar-refractivity contribution in [1.29, 1.82) is 0 Å². The number of rotatable bonds is 7. The zero-order valence-electron chi connectivity index (χ0n) is 21.8. The molecule has 41 heavy (non-hydrogen) atoms. The van der Waals surface area contributed by atoms with Crippen molar-refractivity contribution in [2.45, 2.75) is 56.9 Å². The average Bonchev–Trinajstić information content (AvgIpc) is 2.91. The zero-order chi connectivity index (χ0) is 29.9. The Morgan fingerprint density at radius 3 is 2.17 bits per heavy atom. The van der Waals surface area contributed by atoms with E-state index in [0.717, 1.165) is 5.56 Å². The minimum atomic E-state index is -5.02. The van der Waals surface area contributed by atoms with Crippen molar-refractivity contribution in [2.75, 3.05) is 19.6 Å². The molecular formula is C27H29F6N5O3. The number of nitrogens with two attached hydrogens (primary N) is 1. The van der Waals surface area contributed by atoms with Crippen LogP contribution in [0.1, 0.15) is 41.5 Å². The molecule has 0 aromatic heterocycles. The van der Waals surface area contributed by atoms with Crippen LogP contribution in [0, 0.1) is 0 Å². The molecule has 2 aromatic carbocycles. The van der Waals surface area contributed by atoms with E-state index in [1.54, 1.807) is 4.90 Å². The van der Waals surface area contributed by atoms with Gasteiger partial charge in [-0.1, -0.05) is 30.3 Å². The Kier molecular flexibility index (Phi) is 8.80.